The van der Waals surface area contributed by atoms with Gasteiger partial charge in [-0.25, -0.2) is 9.78 Å². The van der Waals surface area contributed by atoms with Crippen molar-refractivity contribution in [2.45, 2.75) is 26.4 Å². The molecular formula is C12H13ClN2O2S. The van der Waals surface area contributed by atoms with E-state index in [9.17, 15) is 4.79 Å². The Kier molecular flexibility index (Phi) is 3.45. The van der Waals surface area contributed by atoms with Crippen molar-refractivity contribution in [3.05, 3.63) is 23.2 Å². The molecule has 1 heterocycles. The number of amides is 1. The largest absolute Gasteiger partial charge is 0.444 e. The molecule has 1 aromatic carbocycles. The first kappa shape index (κ1) is 13.1. The molecule has 1 amide bonds. The highest BCUT2D eigenvalue weighted by Gasteiger charge is 2.17. The Hall–Kier alpha value is -1.33. The SMILES string of the molecule is CC(C)(C)OC(=O)Nc1nc2cc(Cl)ccc2s1. The van der Waals surface area contributed by atoms with Crippen molar-refractivity contribution in [3.63, 3.8) is 0 Å². The van der Waals surface area contributed by atoms with E-state index < -0.39 is 11.7 Å². The predicted molar refractivity (Wildman–Crippen MR) is 74.5 cm³/mol. The molecule has 0 unspecified atom stereocenters. The monoisotopic (exact) mass is 284 g/mol. The number of rotatable bonds is 1. The van der Waals surface area contributed by atoms with Crippen LogP contribution in [-0.4, -0.2) is 16.7 Å². The average Bonchev–Trinajstić information content (AvgIpc) is 2.55. The number of hydrogen-bond donors (Lipinski definition) is 1. The number of nitrogens with one attached hydrogen (secondary N) is 1. The van der Waals surface area contributed by atoms with E-state index in [1.54, 1.807) is 12.1 Å². The molecule has 0 fully saturated rings. The standard InChI is InChI=1S/C12H13ClN2O2S/c1-12(2,3)17-11(16)15-10-14-8-6-7(13)4-5-9(8)18-10/h4-6H,1-3H3,(H,14,15,16). The highest BCUT2D eigenvalue weighted by Crippen LogP contribution is 2.28. The van der Waals surface area contributed by atoms with E-state index in [0.29, 0.717) is 10.2 Å². The number of benzene rings is 1. The zero-order valence-corrected chi connectivity index (χ0v) is 11.9. The second-order valence-corrected chi connectivity index (χ2v) is 6.23. The summed E-state index contributed by atoms with van der Waals surface area (Å²) in [6.45, 7) is 5.43. The molecular weight excluding hydrogens is 272 g/mol. The summed E-state index contributed by atoms with van der Waals surface area (Å²) in [5.74, 6) is 0. The summed E-state index contributed by atoms with van der Waals surface area (Å²) < 4.78 is 6.12. The van der Waals surface area contributed by atoms with Crippen LogP contribution in [0.3, 0.4) is 0 Å². The van der Waals surface area contributed by atoms with E-state index in [2.05, 4.69) is 10.3 Å². The van der Waals surface area contributed by atoms with E-state index in [4.69, 9.17) is 16.3 Å². The van der Waals surface area contributed by atoms with Gasteiger partial charge in [-0.05, 0) is 39.0 Å². The summed E-state index contributed by atoms with van der Waals surface area (Å²) in [6, 6.07) is 5.42. The summed E-state index contributed by atoms with van der Waals surface area (Å²) >= 11 is 7.25. The molecule has 0 saturated carbocycles. The Morgan fingerprint density at radius 1 is 1.44 bits per heavy atom. The first-order valence-corrected chi connectivity index (χ1v) is 6.59. The van der Waals surface area contributed by atoms with Gasteiger partial charge in [0.15, 0.2) is 5.13 Å². The molecule has 0 aliphatic heterocycles. The Balaban J connectivity index is 2.15. The highest BCUT2D eigenvalue weighted by molar-refractivity contribution is 7.22. The van der Waals surface area contributed by atoms with Gasteiger partial charge in [-0.2, -0.15) is 0 Å². The first-order valence-electron chi connectivity index (χ1n) is 5.39. The van der Waals surface area contributed by atoms with E-state index in [1.165, 1.54) is 11.3 Å². The molecule has 96 valence electrons. The molecule has 4 nitrogen and oxygen atoms in total. The molecule has 0 atom stereocenters. The first-order chi connectivity index (χ1) is 8.33. The van der Waals surface area contributed by atoms with Crippen molar-refractivity contribution in [1.29, 1.82) is 0 Å². The van der Waals surface area contributed by atoms with Crippen LogP contribution in [0.5, 0.6) is 0 Å². The normalized spacial score (nSPS) is 11.6. The Morgan fingerprint density at radius 2 is 2.17 bits per heavy atom. The van der Waals surface area contributed by atoms with Gasteiger partial charge in [0.05, 0.1) is 10.2 Å². The van der Waals surface area contributed by atoms with Gasteiger partial charge >= 0.3 is 6.09 Å². The van der Waals surface area contributed by atoms with E-state index in [1.807, 2.05) is 26.8 Å². The maximum Gasteiger partial charge on any atom is 0.413 e. The van der Waals surface area contributed by atoms with E-state index in [-0.39, 0.29) is 0 Å². The highest BCUT2D eigenvalue weighted by atomic mass is 35.5. The minimum atomic E-state index is -0.524. The fourth-order valence-corrected chi connectivity index (χ4v) is 2.34. The van der Waals surface area contributed by atoms with Crippen LogP contribution in [0.4, 0.5) is 9.93 Å². The number of aromatic nitrogens is 1. The minimum absolute atomic E-state index is 0.501. The quantitative estimate of drug-likeness (QED) is 0.849. The second kappa shape index (κ2) is 4.74. The Morgan fingerprint density at radius 3 is 2.83 bits per heavy atom. The van der Waals surface area contributed by atoms with Crippen LogP contribution in [0, 0.1) is 0 Å². The third-order valence-corrected chi connectivity index (χ3v) is 3.14. The number of hydrogen-bond acceptors (Lipinski definition) is 4. The maximum atomic E-state index is 11.6. The van der Waals surface area contributed by atoms with Crippen LogP contribution in [0.15, 0.2) is 18.2 Å². The van der Waals surface area contributed by atoms with Crippen LogP contribution in [0.2, 0.25) is 5.02 Å². The van der Waals surface area contributed by atoms with Crippen LogP contribution in [-0.2, 0) is 4.74 Å². The van der Waals surface area contributed by atoms with Crippen molar-refractivity contribution >= 4 is 44.4 Å². The number of thiazole rings is 1. The van der Waals surface area contributed by atoms with E-state index in [0.717, 1.165) is 10.2 Å². The second-order valence-electron chi connectivity index (χ2n) is 4.76. The van der Waals surface area contributed by atoms with Crippen molar-refractivity contribution in [2.24, 2.45) is 0 Å². The molecule has 0 spiro atoms. The third-order valence-electron chi connectivity index (χ3n) is 1.96. The number of anilines is 1. The molecule has 6 heteroatoms. The van der Waals surface area contributed by atoms with Crippen molar-refractivity contribution < 1.29 is 9.53 Å². The van der Waals surface area contributed by atoms with Crippen LogP contribution in [0.25, 0.3) is 10.2 Å². The summed E-state index contributed by atoms with van der Waals surface area (Å²) in [5.41, 5.74) is 0.239. The third kappa shape index (κ3) is 3.34. The van der Waals surface area contributed by atoms with Gasteiger partial charge in [0.2, 0.25) is 0 Å². The van der Waals surface area contributed by atoms with Gasteiger partial charge < -0.3 is 4.74 Å². The van der Waals surface area contributed by atoms with E-state index >= 15 is 0 Å². The fraction of sp³-hybridized carbons (Fsp3) is 0.333. The molecule has 0 aliphatic rings. The van der Waals surface area contributed by atoms with Gasteiger partial charge in [-0.15, -0.1) is 0 Å². The molecule has 1 aromatic heterocycles. The Labute approximate surface area is 114 Å². The van der Waals surface area contributed by atoms with Gasteiger partial charge in [0.25, 0.3) is 0 Å². The summed E-state index contributed by atoms with van der Waals surface area (Å²) in [6.07, 6.45) is -0.507. The molecule has 1 N–H and O–H groups in total. The fourth-order valence-electron chi connectivity index (χ4n) is 1.34. The van der Waals surface area contributed by atoms with Gasteiger partial charge in [0.1, 0.15) is 5.60 Å². The molecule has 18 heavy (non-hydrogen) atoms. The number of fused-ring (bicyclic) bond motifs is 1. The van der Waals surface area contributed by atoms with Crippen molar-refractivity contribution in [1.82, 2.24) is 4.98 Å². The van der Waals surface area contributed by atoms with Crippen molar-refractivity contribution in [2.75, 3.05) is 5.32 Å². The lowest BCUT2D eigenvalue weighted by molar-refractivity contribution is 0.0636. The average molecular weight is 285 g/mol. The predicted octanol–water partition coefficient (Wildman–Crippen LogP) is 4.30. The van der Waals surface area contributed by atoms with Crippen LogP contribution in [0.1, 0.15) is 20.8 Å². The van der Waals surface area contributed by atoms with Gasteiger partial charge in [-0.1, -0.05) is 22.9 Å². The number of carbonyl (C=O) groups is 1. The lowest BCUT2D eigenvalue weighted by atomic mass is 10.2. The molecule has 2 rings (SSSR count). The van der Waals surface area contributed by atoms with Gasteiger partial charge in [-0.3, -0.25) is 5.32 Å². The number of nitrogens with zero attached hydrogens (tertiary/aromatic N) is 1. The summed E-state index contributed by atoms with van der Waals surface area (Å²) in [5, 5.41) is 3.73. The Bertz CT molecular complexity index is 589. The van der Waals surface area contributed by atoms with Crippen LogP contribution < -0.4 is 5.32 Å². The lowest BCUT2D eigenvalue weighted by Gasteiger charge is -2.18. The lowest BCUT2D eigenvalue weighted by Crippen LogP contribution is -2.27. The van der Waals surface area contributed by atoms with Gasteiger partial charge in [0, 0.05) is 5.02 Å². The zero-order chi connectivity index (χ0) is 13.3. The van der Waals surface area contributed by atoms with Crippen molar-refractivity contribution in [3.8, 4) is 0 Å². The molecule has 2 aromatic rings. The molecule has 0 radical (unpaired) electrons. The molecule has 0 bridgehead atoms. The van der Waals surface area contributed by atoms with Crippen LogP contribution >= 0.6 is 22.9 Å². The summed E-state index contributed by atoms with van der Waals surface area (Å²) in [7, 11) is 0. The maximum absolute atomic E-state index is 11.6. The zero-order valence-electron chi connectivity index (χ0n) is 10.3. The smallest absolute Gasteiger partial charge is 0.413 e. The number of carbonyl (C=O) groups excluding carboxylic acids is 1. The number of halogens is 1. The number of ether oxygens (including phenoxy) is 1. The molecule has 0 saturated heterocycles. The minimum Gasteiger partial charge on any atom is -0.444 e. The summed E-state index contributed by atoms with van der Waals surface area (Å²) in [4.78, 5) is 15.8. The topological polar surface area (TPSA) is 51.2 Å². The molecule has 0 aliphatic carbocycles.